The number of carbonyl (C=O) groups excluding carboxylic acids is 1. The second-order valence-electron chi connectivity index (χ2n) is 6.03. The first-order chi connectivity index (χ1) is 12.4. The van der Waals surface area contributed by atoms with Gasteiger partial charge in [-0.1, -0.05) is 29.3 Å². The molecule has 1 saturated heterocycles. The molecule has 9 heteroatoms. The molecule has 3 rings (SSSR count). The van der Waals surface area contributed by atoms with Crippen molar-refractivity contribution in [1.82, 2.24) is 9.97 Å². The van der Waals surface area contributed by atoms with Crippen LogP contribution in [0.25, 0.3) is 0 Å². The first kappa shape index (κ1) is 18.7. The van der Waals surface area contributed by atoms with Crippen LogP contribution >= 0.6 is 23.2 Å². The number of nitrogens with one attached hydrogen (secondary N) is 1. The zero-order valence-electron chi connectivity index (χ0n) is 14.2. The van der Waals surface area contributed by atoms with Gasteiger partial charge in [0.15, 0.2) is 0 Å². The molecule has 2 N–H and O–H groups in total. The van der Waals surface area contributed by atoms with E-state index in [9.17, 15) is 9.90 Å². The first-order valence-electron chi connectivity index (χ1n) is 8.05. The summed E-state index contributed by atoms with van der Waals surface area (Å²) in [7, 11) is 0. The second-order valence-corrected chi connectivity index (χ2v) is 6.87. The van der Waals surface area contributed by atoms with Gasteiger partial charge in [0.2, 0.25) is 5.95 Å². The van der Waals surface area contributed by atoms with Gasteiger partial charge in [-0.2, -0.15) is 4.98 Å². The summed E-state index contributed by atoms with van der Waals surface area (Å²) in [5, 5.41) is 14.1. The highest BCUT2D eigenvalue weighted by atomic mass is 35.5. The average Bonchev–Trinajstić information content (AvgIpc) is 2.97. The van der Waals surface area contributed by atoms with E-state index in [-0.39, 0.29) is 12.6 Å². The van der Waals surface area contributed by atoms with E-state index in [4.69, 9.17) is 27.9 Å². The molecular weight excluding hydrogens is 379 g/mol. The second kappa shape index (κ2) is 7.65. The molecular formula is C17H18Cl2N4O3. The van der Waals surface area contributed by atoms with Crippen molar-refractivity contribution < 1.29 is 14.6 Å². The fourth-order valence-electron chi connectivity index (χ4n) is 2.73. The minimum atomic E-state index is -0.750. The van der Waals surface area contributed by atoms with Crippen LogP contribution in [0.5, 0.6) is 0 Å². The minimum Gasteiger partial charge on any atom is -0.447 e. The highest BCUT2D eigenvalue weighted by molar-refractivity contribution is 6.35. The maximum absolute atomic E-state index is 12.0. The molecule has 26 heavy (non-hydrogen) atoms. The van der Waals surface area contributed by atoms with E-state index in [1.54, 1.807) is 25.1 Å². The lowest BCUT2D eigenvalue weighted by Crippen LogP contribution is -2.41. The van der Waals surface area contributed by atoms with E-state index in [1.807, 2.05) is 13.0 Å². The third kappa shape index (κ3) is 3.85. The summed E-state index contributed by atoms with van der Waals surface area (Å²) in [5.41, 5.74) is 0.840. The summed E-state index contributed by atoms with van der Waals surface area (Å²) in [5.74, 6) is 0.676. The standard InChI is InChI=1S/C17H18Cl2N4O3/c1-9(12-4-3-11(18)7-13(12)19)21-16-20-6-5-15(22-16)23-14(10(2)24)8-26-17(23)25/h3-7,9-10,14,24H,8H2,1-2H3,(H,20,21,22)/t9-,10+,14?/m0/s1. The predicted molar refractivity (Wildman–Crippen MR) is 99.8 cm³/mol. The van der Waals surface area contributed by atoms with Gasteiger partial charge < -0.3 is 15.2 Å². The number of nitrogens with zero attached hydrogens (tertiary/aromatic N) is 3. The van der Waals surface area contributed by atoms with E-state index in [1.165, 1.54) is 11.1 Å². The molecule has 0 saturated carbocycles. The number of aromatic nitrogens is 2. The lowest BCUT2D eigenvalue weighted by Gasteiger charge is -2.23. The number of aliphatic hydroxyl groups excluding tert-OH is 1. The predicted octanol–water partition coefficient (Wildman–Crippen LogP) is 3.66. The Balaban J connectivity index is 1.82. The summed E-state index contributed by atoms with van der Waals surface area (Å²) in [6.07, 6.45) is 0.236. The number of ether oxygens (including phenoxy) is 1. The SMILES string of the molecule is C[C@H](Nc1nccc(N2C(=O)OCC2[C@@H](C)O)n1)c1ccc(Cl)cc1Cl. The number of rotatable bonds is 5. The Hall–Kier alpha value is -2.09. The molecule has 0 bridgehead atoms. The molecule has 1 amide bonds. The third-order valence-corrected chi connectivity index (χ3v) is 4.69. The number of anilines is 2. The molecule has 7 nitrogen and oxygen atoms in total. The largest absolute Gasteiger partial charge is 0.447 e. The van der Waals surface area contributed by atoms with E-state index in [0.717, 1.165) is 5.56 Å². The van der Waals surface area contributed by atoms with Crippen LogP contribution in [0.15, 0.2) is 30.5 Å². The van der Waals surface area contributed by atoms with Gasteiger partial charge in [0, 0.05) is 16.2 Å². The van der Waals surface area contributed by atoms with Gasteiger partial charge in [-0.15, -0.1) is 0 Å². The number of aliphatic hydroxyl groups is 1. The Bertz CT molecular complexity index is 818. The normalized spacial score (nSPS) is 19.2. The molecule has 0 aliphatic carbocycles. The van der Waals surface area contributed by atoms with Crippen LogP contribution in [0.2, 0.25) is 10.0 Å². The summed E-state index contributed by atoms with van der Waals surface area (Å²) >= 11 is 12.2. The van der Waals surface area contributed by atoms with Crippen molar-refractivity contribution in [3.05, 3.63) is 46.1 Å². The first-order valence-corrected chi connectivity index (χ1v) is 8.81. The van der Waals surface area contributed by atoms with Crippen molar-refractivity contribution in [3.8, 4) is 0 Å². The van der Waals surface area contributed by atoms with Crippen molar-refractivity contribution in [1.29, 1.82) is 0 Å². The number of halogens is 2. The number of cyclic esters (lactones) is 1. The van der Waals surface area contributed by atoms with Gasteiger partial charge in [-0.3, -0.25) is 4.90 Å². The van der Waals surface area contributed by atoms with Gasteiger partial charge in [-0.05, 0) is 37.6 Å². The third-order valence-electron chi connectivity index (χ3n) is 4.13. The zero-order valence-corrected chi connectivity index (χ0v) is 15.7. The molecule has 3 atom stereocenters. The highest BCUT2D eigenvalue weighted by Crippen LogP contribution is 2.29. The monoisotopic (exact) mass is 396 g/mol. The summed E-state index contributed by atoms with van der Waals surface area (Å²) in [6, 6.07) is 6.16. The van der Waals surface area contributed by atoms with Crippen molar-refractivity contribution in [2.24, 2.45) is 0 Å². The van der Waals surface area contributed by atoms with Crippen molar-refractivity contribution in [3.63, 3.8) is 0 Å². The lowest BCUT2D eigenvalue weighted by molar-refractivity contribution is 0.142. The van der Waals surface area contributed by atoms with Crippen LogP contribution in [0.1, 0.15) is 25.5 Å². The number of hydrogen-bond acceptors (Lipinski definition) is 6. The Morgan fingerprint density at radius 2 is 2.12 bits per heavy atom. The van der Waals surface area contributed by atoms with Gasteiger partial charge in [-0.25, -0.2) is 9.78 Å². The molecule has 1 aliphatic heterocycles. The quantitative estimate of drug-likeness (QED) is 0.801. The molecule has 2 heterocycles. The topological polar surface area (TPSA) is 87.6 Å². The van der Waals surface area contributed by atoms with Crippen LogP contribution in [0, 0.1) is 0 Å². The molecule has 2 aromatic rings. The van der Waals surface area contributed by atoms with Gasteiger partial charge in [0.1, 0.15) is 18.5 Å². The van der Waals surface area contributed by atoms with Crippen LogP contribution in [0.4, 0.5) is 16.6 Å². The summed E-state index contributed by atoms with van der Waals surface area (Å²) in [4.78, 5) is 21.9. The lowest BCUT2D eigenvalue weighted by atomic mass is 10.1. The molecule has 1 fully saturated rings. The molecule has 1 aliphatic rings. The van der Waals surface area contributed by atoms with Crippen molar-refractivity contribution in [2.75, 3.05) is 16.8 Å². The van der Waals surface area contributed by atoms with Crippen LogP contribution in [-0.4, -0.2) is 39.9 Å². The highest BCUT2D eigenvalue weighted by Gasteiger charge is 2.38. The number of carbonyl (C=O) groups is 1. The molecule has 1 aromatic heterocycles. The smallest absolute Gasteiger partial charge is 0.416 e. The Labute approximate surface area is 160 Å². The van der Waals surface area contributed by atoms with Crippen molar-refractivity contribution >= 4 is 41.1 Å². The van der Waals surface area contributed by atoms with E-state index in [2.05, 4.69) is 15.3 Å². The van der Waals surface area contributed by atoms with E-state index < -0.39 is 18.2 Å². The van der Waals surface area contributed by atoms with Crippen LogP contribution in [0.3, 0.4) is 0 Å². The zero-order chi connectivity index (χ0) is 18.8. The molecule has 0 radical (unpaired) electrons. The molecule has 0 spiro atoms. The van der Waals surface area contributed by atoms with Gasteiger partial charge >= 0.3 is 6.09 Å². The molecule has 138 valence electrons. The number of benzene rings is 1. The maximum Gasteiger partial charge on any atom is 0.416 e. The molecule has 1 unspecified atom stereocenters. The Morgan fingerprint density at radius 1 is 1.35 bits per heavy atom. The molecule has 1 aromatic carbocycles. The Kier molecular flexibility index (Phi) is 5.50. The number of hydrogen-bond donors (Lipinski definition) is 2. The van der Waals surface area contributed by atoms with Crippen molar-refractivity contribution in [2.45, 2.75) is 32.0 Å². The summed E-state index contributed by atoms with van der Waals surface area (Å²) < 4.78 is 5.03. The van der Waals surface area contributed by atoms with Gasteiger partial charge in [0.05, 0.1) is 12.1 Å². The van der Waals surface area contributed by atoms with E-state index in [0.29, 0.717) is 21.8 Å². The minimum absolute atomic E-state index is 0.111. The average molecular weight is 397 g/mol. The van der Waals surface area contributed by atoms with Crippen LogP contribution < -0.4 is 10.2 Å². The Morgan fingerprint density at radius 3 is 2.81 bits per heavy atom. The fourth-order valence-corrected chi connectivity index (χ4v) is 3.30. The number of amides is 1. The van der Waals surface area contributed by atoms with Gasteiger partial charge in [0.25, 0.3) is 0 Å². The van der Waals surface area contributed by atoms with Crippen LogP contribution in [-0.2, 0) is 4.74 Å². The summed E-state index contributed by atoms with van der Waals surface area (Å²) in [6.45, 7) is 3.62. The fraction of sp³-hybridized carbons (Fsp3) is 0.353. The maximum atomic E-state index is 12.0. The van der Waals surface area contributed by atoms with E-state index >= 15 is 0 Å².